The van der Waals surface area contributed by atoms with Gasteiger partial charge in [0.1, 0.15) is 0 Å². The highest BCUT2D eigenvalue weighted by Crippen LogP contribution is 2.39. The van der Waals surface area contributed by atoms with Crippen LogP contribution in [0, 0.1) is 0 Å². The van der Waals surface area contributed by atoms with Crippen LogP contribution in [0.1, 0.15) is 53.4 Å². The largest absolute Gasteiger partial charge is 0.412 e. The van der Waals surface area contributed by atoms with Gasteiger partial charge < -0.3 is 13.3 Å². The Kier molecular flexibility index (Phi) is 8.10. The SMILES string of the molecule is CCC(CC)(O[Si](C)(C)C(CC)(CC)O[Si](C)(C)C)[Si](C)=O. The molecule has 22 heavy (non-hydrogen) atoms. The fraction of sp³-hybridized carbons (Fsp3) is 1.00. The molecule has 0 saturated heterocycles. The summed E-state index contributed by atoms with van der Waals surface area (Å²) in [5.74, 6) is 0. The molecule has 132 valence electrons. The molecule has 0 fully saturated rings. The Morgan fingerprint density at radius 2 is 1.23 bits per heavy atom. The second kappa shape index (κ2) is 7.96. The molecular formula is C16H38O3Si3. The van der Waals surface area contributed by atoms with Crippen LogP contribution in [0.15, 0.2) is 0 Å². The van der Waals surface area contributed by atoms with Crippen LogP contribution in [0.2, 0.25) is 39.3 Å². The fourth-order valence-corrected chi connectivity index (χ4v) is 12.4. The molecule has 0 aliphatic rings. The van der Waals surface area contributed by atoms with Crippen LogP contribution in [0.4, 0.5) is 0 Å². The van der Waals surface area contributed by atoms with Crippen molar-refractivity contribution in [3.05, 3.63) is 0 Å². The molecule has 0 saturated carbocycles. The zero-order valence-corrected chi connectivity index (χ0v) is 19.6. The maximum absolute atomic E-state index is 12.4. The molecule has 0 aliphatic carbocycles. The first-order valence-electron chi connectivity index (χ1n) is 8.76. The maximum atomic E-state index is 12.4. The summed E-state index contributed by atoms with van der Waals surface area (Å²) in [6, 6.07) is 0. The number of rotatable bonds is 10. The van der Waals surface area contributed by atoms with Crippen molar-refractivity contribution in [2.24, 2.45) is 0 Å². The molecule has 0 aromatic heterocycles. The molecule has 0 aromatic carbocycles. The minimum absolute atomic E-state index is 0.190. The highest BCUT2D eigenvalue weighted by molar-refractivity contribution is 6.77. The lowest BCUT2D eigenvalue weighted by atomic mass is 10.2. The van der Waals surface area contributed by atoms with Gasteiger partial charge in [0, 0.05) is 0 Å². The van der Waals surface area contributed by atoms with Crippen molar-refractivity contribution < 1.29 is 13.3 Å². The third-order valence-corrected chi connectivity index (χ3v) is 12.4. The Morgan fingerprint density at radius 1 is 0.818 bits per heavy atom. The lowest BCUT2D eigenvalue weighted by Gasteiger charge is -2.50. The topological polar surface area (TPSA) is 35.5 Å². The van der Waals surface area contributed by atoms with E-state index in [4.69, 9.17) is 8.85 Å². The summed E-state index contributed by atoms with van der Waals surface area (Å²) in [5, 5.41) is -0.650. The monoisotopic (exact) mass is 362 g/mol. The first-order chi connectivity index (χ1) is 9.85. The Labute approximate surface area is 142 Å². The molecule has 0 aliphatic heterocycles. The standard InChI is InChI=1S/C16H38O3Si3/c1-11-15(12-2,20(5)17)18-22(9,10)16(13-3,14-4)19-21(6,7)8/h11-14H2,1-10H3. The average Bonchev–Trinajstić information content (AvgIpc) is 2.40. The van der Waals surface area contributed by atoms with Gasteiger partial charge in [0.2, 0.25) is 8.32 Å². The molecule has 0 rings (SSSR count). The van der Waals surface area contributed by atoms with Crippen molar-refractivity contribution in [3.8, 4) is 0 Å². The van der Waals surface area contributed by atoms with Crippen LogP contribution in [0.25, 0.3) is 0 Å². The third-order valence-electron chi connectivity index (χ3n) is 4.98. The van der Waals surface area contributed by atoms with Gasteiger partial charge in [-0.25, -0.2) is 0 Å². The summed E-state index contributed by atoms with van der Waals surface area (Å²) in [5.41, 5.74) is 0. The van der Waals surface area contributed by atoms with Gasteiger partial charge in [-0.3, -0.25) is 0 Å². The van der Waals surface area contributed by atoms with Crippen molar-refractivity contribution in [2.75, 3.05) is 0 Å². The Balaban J connectivity index is 5.76. The van der Waals surface area contributed by atoms with Crippen LogP contribution >= 0.6 is 0 Å². The molecular weight excluding hydrogens is 324 g/mol. The van der Waals surface area contributed by atoms with Crippen LogP contribution < -0.4 is 0 Å². The molecule has 0 atom stereocenters. The average molecular weight is 363 g/mol. The second-order valence-electron chi connectivity index (χ2n) is 7.79. The summed E-state index contributed by atoms with van der Waals surface area (Å²) < 4.78 is 25.9. The first-order valence-corrected chi connectivity index (χ1v) is 17.0. The molecule has 3 nitrogen and oxygen atoms in total. The fourth-order valence-electron chi connectivity index (χ4n) is 3.50. The molecule has 0 radical (unpaired) electrons. The van der Waals surface area contributed by atoms with E-state index in [1.54, 1.807) is 0 Å². The number of hydrogen-bond donors (Lipinski definition) is 0. The zero-order chi connectivity index (χ0) is 17.8. The van der Waals surface area contributed by atoms with E-state index in [2.05, 4.69) is 60.4 Å². The molecule has 0 bridgehead atoms. The Morgan fingerprint density at radius 3 is 1.45 bits per heavy atom. The molecule has 0 N–H and O–H groups in total. The predicted molar refractivity (Wildman–Crippen MR) is 102 cm³/mol. The van der Waals surface area contributed by atoms with E-state index in [9.17, 15) is 4.46 Å². The predicted octanol–water partition coefficient (Wildman–Crippen LogP) is 5.31. The van der Waals surface area contributed by atoms with E-state index in [0.29, 0.717) is 0 Å². The highest BCUT2D eigenvalue weighted by Gasteiger charge is 2.53. The van der Waals surface area contributed by atoms with Crippen molar-refractivity contribution in [1.29, 1.82) is 0 Å². The van der Waals surface area contributed by atoms with Crippen molar-refractivity contribution >= 4 is 25.3 Å². The van der Waals surface area contributed by atoms with Crippen LogP contribution in [-0.4, -0.2) is 35.8 Å². The van der Waals surface area contributed by atoms with Crippen molar-refractivity contribution in [1.82, 2.24) is 0 Å². The van der Waals surface area contributed by atoms with Gasteiger partial charge in [-0.05, 0) is 65.0 Å². The van der Waals surface area contributed by atoms with Gasteiger partial charge in [-0.2, -0.15) is 0 Å². The van der Waals surface area contributed by atoms with E-state index in [0.717, 1.165) is 25.7 Å². The molecule has 0 unspecified atom stereocenters. The lowest BCUT2D eigenvalue weighted by Crippen LogP contribution is -2.65. The summed E-state index contributed by atoms with van der Waals surface area (Å²) in [4.78, 5) is 0. The molecule has 0 spiro atoms. The van der Waals surface area contributed by atoms with E-state index >= 15 is 0 Å². The van der Waals surface area contributed by atoms with E-state index < -0.39 is 30.5 Å². The minimum atomic E-state index is -2.19. The molecule has 0 amide bonds. The summed E-state index contributed by atoms with van der Waals surface area (Å²) in [7, 11) is -5.64. The second-order valence-corrected chi connectivity index (χ2v) is 18.4. The highest BCUT2D eigenvalue weighted by atomic mass is 28.4. The van der Waals surface area contributed by atoms with Gasteiger partial charge in [0.05, 0.1) is 10.4 Å². The van der Waals surface area contributed by atoms with Crippen LogP contribution in [0.5, 0.6) is 0 Å². The minimum Gasteiger partial charge on any atom is -0.412 e. The van der Waals surface area contributed by atoms with Gasteiger partial charge in [-0.1, -0.05) is 27.7 Å². The first kappa shape index (κ1) is 22.4. The van der Waals surface area contributed by atoms with Gasteiger partial charge in [-0.15, -0.1) is 0 Å². The number of hydrogen-bond acceptors (Lipinski definition) is 3. The van der Waals surface area contributed by atoms with Crippen molar-refractivity contribution in [2.45, 2.75) is 103 Å². The van der Waals surface area contributed by atoms with Crippen LogP contribution in [-0.2, 0) is 13.3 Å². The Hall–Kier alpha value is 0.371. The normalized spacial score (nSPS) is 14.3. The van der Waals surface area contributed by atoms with Gasteiger partial charge in [0.15, 0.2) is 8.32 Å². The smallest absolute Gasteiger partial charge is 0.305 e. The lowest BCUT2D eigenvalue weighted by molar-refractivity contribution is 0.0538. The quantitative estimate of drug-likeness (QED) is 0.494. The maximum Gasteiger partial charge on any atom is 0.305 e. The molecule has 6 heteroatoms. The molecule has 0 heterocycles. The van der Waals surface area contributed by atoms with Gasteiger partial charge in [0.25, 0.3) is 0 Å². The summed E-state index contributed by atoms with van der Waals surface area (Å²) in [6.45, 7) is 21.7. The Bertz CT molecular complexity index is 367. The van der Waals surface area contributed by atoms with E-state index in [-0.39, 0.29) is 5.22 Å². The van der Waals surface area contributed by atoms with E-state index in [1.165, 1.54) is 0 Å². The summed E-state index contributed by atoms with van der Waals surface area (Å²) in [6.07, 6.45) is 3.54. The van der Waals surface area contributed by atoms with E-state index in [1.807, 2.05) is 6.55 Å². The van der Waals surface area contributed by atoms with Crippen molar-refractivity contribution in [3.63, 3.8) is 0 Å². The third kappa shape index (κ3) is 4.93. The van der Waals surface area contributed by atoms with Crippen LogP contribution in [0.3, 0.4) is 0 Å². The van der Waals surface area contributed by atoms with Gasteiger partial charge >= 0.3 is 8.68 Å². The summed E-state index contributed by atoms with van der Waals surface area (Å²) >= 11 is 0. The zero-order valence-electron chi connectivity index (χ0n) is 16.6. The molecule has 0 aromatic rings.